The maximum atomic E-state index is 11.4. The van der Waals surface area contributed by atoms with Gasteiger partial charge in [0, 0.05) is 23.3 Å². The van der Waals surface area contributed by atoms with Crippen molar-refractivity contribution in [2.75, 3.05) is 12.4 Å². The van der Waals surface area contributed by atoms with E-state index in [1.54, 1.807) is 6.07 Å². The van der Waals surface area contributed by atoms with Gasteiger partial charge in [0.1, 0.15) is 11.3 Å². The lowest BCUT2D eigenvalue weighted by atomic mass is 10.1. The van der Waals surface area contributed by atoms with Crippen molar-refractivity contribution in [1.82, 2.24) is 0 Å². The Morgan fingerprint density at radius 3 is 3.05 bits per heavy atom. The molecule has 1 fully saturated rings. The van der Waals surface area contributed by atoms with E-state index >= 15 is 0 Å². The number of hydrogen-bond donors (Lipinski definition) is 1. The summed E-state index contributed by atoms with van der Waals surface area (Å²) in [5, 5.41) is 1.55. The van der Waals surface area contributed by atoms with Crippen molar-refractivity contribution in [3.05, 3.63) is 40.2 Å². The average molecular weight is 318 g/mol. The fourth-order valence-corrected chi connectivity index (χ4v) is 2.72. The van der Waals surface area contributed by atoms with Crippen molar-refractivity contribution < 1.29 is 9.15 Å². The Morgan fingerprint density at radius 2 is 2.27 bits per heavy atom. The standard InChI is InChI=1S/C16H18N2O3S/c1-10-8-15(19)21-14-9-12(4-5-13(10)14)20-6-7-22-16(17)18-11-2-3-11/h4-5,8-9,11H,2-3,6-7H2,1H3,(H2,17,18). The number of fused-ring (bicyclic) bond motifs is 1. The van der Waals surface area contributed by atoms with E-state index in [1.807, 2.05) is 19.1 Å². The number of nitrogens with zero attached hydrogens (tertiary/aromatic N) is 1. The number of ether oxygens (including phenoxy) is 1. The molecule has 0 spiro atoms. The predicted octanol–water partition coefficient (Wildman–Crippen LogP) is 2.69. The van der Waals surface area contributed by atoms with Crippen molar-refractivity contribution in [2.24, 2.45) is 10.7 Å². The Labute approximate surface area is 132 Å². The van der Waals surface area contributed by atoms with E-state index < -0.39 is 0 Å². The lowest BCUT2D eigenvalue weighted by molar-refractivity contribution is 0.344. The van der Waals surface area contributed by atoms with Crippen LogP contribution in [-0.2, 0) is 0 Å². The number of nitrogens with two attached hydrogens (primary N) is 1. The van der Waals surface area contributed by atoms with Crippen LogP contribution in [0.15, 0.2) is 38.5 Å². The average Bonchev–Trinajstić information content (AvgIpc) is 3.27. The quantitative estimate of drug-likeness (QED) is 0.397. The molecule has 0 unspecified atom stereocenters. The fourth-order valence-electron chi connectivity index (χ4n) is 2.12. The molecule has 6 heteroatoms. The summed E-state index contributed by atoms with van der Waals surface area (Å²) in [6.07, 6.45) is 2.30. The molecular formula is C16H18N2O3S. The minimum absolute atomic E-state index is 0.346. The minimum atomic E-state index is -0.346. The number of thioether (sulfide) groups is 1. The van der Waals surface area contributed by atoms with Gasteiger partial charge in [-0.05, 0) is 37.5 Å². The number of rotatable bonds is 5. The molecule has 0 aliphatic heterocycles. The van der Waals surface area contributed by atoms with Crippen molar-refractivity contribution in [1.29, 1.82) is 0 Å². The molecule has 2 aromatic rings. The monoisotopic (exact) mass is 318 g/mol. The van der Waals surface area contributed by atoms with Gasteiger partial charge in [-0.15, -0.1) is 0 Å². The van der Waals surface area contributed by atoms with Crippen molar-refractivity contribution in [2.45, 2.75) is 25.8 Å². The van der Waals surface area contributed by atoms with E-state index in [0.29, 0.717) is 29.1 Å². The molecule has 0 bridgehead atoms. The molecule has 0 atom stereocenters. The maximum Gasteiger partial charge on any atom is 0.336 e. The summed E-state index contributed by atoms with van der Waals surface area (Å²) in [4.78, 5) is 15.8. The summed E-state index contributed by atoms with van der Waals surface area (Å²) in [6.45, 7) is 2.41. The zero-order chi connectivity index (χ0) is 15.5. The van der Waals surface area contributed by atoms with Crippen molar-refractivity contribution >= 4 is 27.9 Å². The smallest absolute Gasteiger partial charge is 0.336 e. The second-order valence-electron chi connectivity index (χ2n) is 5.30. The van der Waals surface area contributed by atoms with Crippen molar-refractivity contribution in [3.63, 3.8) is 0 Å². The van der Waals surface area contributed by atoms with E-state index in [4.69, 9.17) is 14.9 Å². The third-order valence-corrected chi connectivity index (χ3v) is 4.15. The normalized spacial score (nSPS) is 15.2. The van der Waals surface area contributed by atoms with Crippen molar-refractivity contribution in [3.8, 4) is 5.75 Å². The third kappa shape index (κ3) is 3.82. The number of hydrogen-bond acceptors (Lipinski definition) is 5. The van der Waals surface area contributed by atoms with Gasteiger partial charge in [0.15, 0.2) is 5.17 Å². The largest absolute Gasteiger partial charge is 0.493 e. The molecule has 22 heavy (non-hydrogen) atoms. The summed E-state index contributed by atoms with van der Waals surface area (Å²) in [7, 11) is 0. The molecular weight excluding hydrogens is 300 g/mol. The first kappa shape index (κ1) is 15.0. The molecule has 1 saturated carbocycles. The number of amidine groups is 1. The Balaban J connectivity index is 1.58. The van der Waals surface area contributed by atoms with Crippen LogP contribution in [0.1, 0.15) is 18.4 Å². The van der Waals surface area contributed by atoms with Crippen LogP contribution in [0.5, 0.6) is 5.75 Å². The first-order valence-electron chi connectivity index (χ1n) is 7.25. The van der Waals surface area contributed by atoms with Gasteiger partial charge in [-0.1, -0.05) is 11.8 Å². The van der Waals surface area contributed by atoms with Crippen LogP contribution in [0.2, 0.25) is 0 Å². The van der Waals surface area contributed by atoms with E-state index in [9.17, 15) is 4.79 Å². The van der Waals surface area contributed by atoms with Crippen LogP contribution < -0.4 is 16.1 Å². The Bertz CT molecular complexity index is 766. The first-order valence-corrected chi connectivity index (χ1v) is 8.24. The van der Waals surface area contributed by atoms with Crippen LogP contribution in [-0.4, -0.2) is 23.6 Å². The highest BCUT2D eigenvalue weighted by molar-refractivity contribution is 8.13. The number of aliphatic imine (C=N–C) groups is 1. The zero-order valence-corrected chi connectivity index (χ0v) is 13.2. The van der Waals surface area contributed by atoms with Gasteiger partial charge >= 0.3 is 5.63 Å². The van der Waals surface area contributed by atoms with E-state index in [2.05, 4.69) is 4.99 Å². The zero-order valence-electron chi connectivity index (χ0n) is 12.4. The van der Waals surface area contributed by atoms with Gasteiger partial charge in [0.25, 0.3) is 0 Å². The second kappa shape index (κ2) is 6.44. The van der Waals surface area contributed by atoms with Crippen LogP contribution in [0.3, 0.4) is 0 Å². The van der Waals surface area contributed by atoms with Gasteiger partial charge in [-0.3, -0.25) is 4.99 Å². The third-order valence-electron chi connectivity index (χ3n) is 3.38. The lowest BCUT2D eigenvalue weighted by Gasteiger charge is -2.07. The van der Waals surface area contributed by atoms with E-state index in [1.165, 1.54) is 17.8 Å². The highest BCUT2D eigenvalue weighted by Gasteiger charge is 2.20. The lowest BCUT2D eigenvalue weighted by Crippen LogP contribution is -2.11. The fraction of sp³-hybridized carbons (Fsp3) is 0.375. The summed E-state index contributed by atoms with van der Waals surface area (Å²) < 4.78 is 10.9. The van der Waals surface area contributed by atoms with Crippen LogP contribution in [0.4, 0.5) is 0 Å². The van der Waals surface area contributed by atoms with Gasteiger partial charge in [-0.25, -0.2) is 4.79 Å². The molecule has 1 aliphatic carbocycles. The molecule has 116 valence electrons. The van der Waals surface area contributed by atoms with Gasteiger partial charge in [-0.2, -0.15) is 0 Å². The predicted molar refractivity (Wildman–Crippen MR) is 89.8 cm³/mol. The molecule has 0 radical (unpaired) electrons. The SMILES string of the molecule is Cc1cc(=O)oc2cc(OCCSC(N)=NC3CC3)ccc12. The number of aryl methyl sites for hydroxylation is 1. The summed E-state index contributed by atoms with van der Waals surface area (Å²) in [6, 6.07) is 7.46. The first-order chi connectivity index (χ1) is 10.6. The minimum Gasteiger partial charge on any atom is -0.493 e. The van der Waals surface area contributed by atoms with Crippen LogP contribution in [0, 0.1) is 6.92 Å². The Hall–Kier alpha value is -1.95. The number of benzene rings is 1. The van der Waals surface area contributed by atoms with Gasteiger partial charge < -0.3 is 14.9 Å². The summed E-state index contributed by atoms with van der Waals surface area (Å²) >= 11 is 1.50. The molecule has 2 N–H and O–H groups in total. The Kier molecular flexibility index (Phi) is 4.38. The Morgan fingerprint density at radius 1 is 1.45 bits per heavy atom. The molecule has 1 aliphatic rings. The van der Waals surface area contributed by atoms with E-state index in [-0.39, 0.29) is 5.63 Å². The maximum absolute atomic E-state index is 11.4. The molecule has 1 heterocycles. The van der Waals surface area contributed by atoms with Gasteiger partial charge in [0.2, 0.25) is 0 Å². The second-order valence-corrected chi connectivity index (χ2v) is 6.42. The highest BCUT2D eigenvalue weighted by atomic mass is 32.2. The molecule has 3 rings (SSSR count). The molecule has 1 aromatic heterocycles. The van der Waals surface area contributed by atoms with Crippen LogP contribution in [0.25, 0.3) is 11.0 Å². The molecule has 5 nitrogen and oxygen atoms in total. The van der Waals surface area contributed by atoms with E-state index in [0.717, 1.165) is 29.5 Å². The van der Waals surface area contributed by atoms with Crippen LogP contribution >= 0.6 is 11.8 Å². The molecule has 0 saturated heterocycles. The topological polar surface area (TPSA) is 77.8 Å². The summed E-state index contributed by atoms with van der Waals surface area (Å²) in [5.74, 6) is 1.41. The molecule has 0 amide bonds. The van der Waals surface area contributed by atoms with Gasteiger partial charge in [0.05, 0.1) is 12.6 Å². The molecule has 1 aromatic carbocycles. The summed E-state index contributed by atoms with van der Waals surface area (Å²) in [5.41, 5.74) is 6.91. The highest BCUT2D eigenvalue weighted by Crippen LogP contribution is 2.24.